The number of aromatic nitrogens is 2. The highest BCUT2D eigenvalue weighted by molar-refractivity contribution is 8.55. The Labute approximate surface area is 85.8 Å². The Hall–Kier alpha value is -0.360. The fourth-order valence-corrected chi connectivity index (χ4v) is 2.39. The van der Waals surface area contributed by atoms with Crippen LogP contribution in [0.1, 0.15) is 18.6 Å². The van der Waals surface area contributed by atoms with Crippen molar-refractivity contribution in [2.45, 2.75) is 19.1 Å². The Morgan fingerprint density at radius 1 is 1.71 bits per heavy atom. The van der Waals surface area contributed by atoms with Crippen LogP contribution in [-0.2, 0) is 21.3 Å². The van der Waals surface area contributed by atoms with E-state index in [1.165, 1.54) is 7.11 Å². The quantitative estimate of drug-likeness (QED) is 0.777. The summed E-state index contributed by atoms with van der Waals surface area (Å²) in [5, 5.41) is 3.69. The molecule has 0 fully saturated rings. The largest absolute Gasteiger partial charge is 0.338 e. The zero-order valence-electron chi connectivity index (χ0n) is 7.97. The first-order valence-electron chi connectivity index (χ1n) is 3.97. The maximum atomic E-state index is 11.3. The van der Waals surface area contributed by atoms with Crippen LogP contribution < -0.4 is 5.50 Å². The van der Waals surface area contributed by atoms with Crippen LogP contribution in [0.3, 0.4) is 0 Å². The number of nitrogens with zero attached hydrogens (tertiary/aromatic N) is 2. The highest BCUT2D eigenvalue weighted by Crippen LogP contribution is 2.52. The van der Waals surface area contributed by atoms with Crippen molar-refractivity contribution in [1.29, 1.82) is 0 Å². The molecular weight excluding hydrogens is 225 g/mol. The lowest BCUT2D eigenvalue weighted by atomic mass is 10.5. The molecule has 1 atom stereocenters. The van der Waals surface area contributed by atoms with E-state index in [2.05, 4.69) is 14.7 Å². The zero-order valence-corrected chi connectivity index (χ0v) is 9.68. The molecule has 6 nitrogen and oxygen atoms in total. The van der Waals surface area contributed by atoms with Gasteiger partial charge in [-0.15, -0.1) is 0 Å². The summed E-state index contributed by atoms with van der Waals surface area (Å²) in [4.78, 5) is 4.04. The van der Waals surface area contributed by atoms with Gasteiger partial charge in [-0.25, -0.2) is 0 Å². The molecule has 0 aliphatic carbocycles. The molecule has 0 aliphatic heterocycles. The van der Waals surface area contributed by atoms with E-state index in [-0.39, 0.29) is 0 Å². The Balaban J connectivity index is 2.49. The highest BCUT2D eigenvalue weighted by Gasteiger charge is 2.17. The average Bonchev–Trinajstić information content (AvgIpc) is 2.63. The molecule has 0 saturated carbocycles. The number of nitrogens with two attached hydrogens (primary N) is 1. The lowest BCUT2D eigenvalue weighted by Crippen LogP contribution is -1.93. The number of hydrogen-bond donors (Lipinski definition) is 1. The Morgan fingerprint density at radius 3 is 2.93 bits per heavy atom. The van der Waals surface area contributed by atoms with Gasteiger partial charge in [-0.2, -0.15) is 4.98 Å². The van der Waals surface area contributed by atoms with Crippen LogP contribution in [-0.4, -0.2) is 17.3 Å². The van der Waals surface area contributed by atoms with E-state index >= 15 is 0 Å². The highest BCUT2D eigenvalue weighted by atomic mass is 32.7. The SMILES string of the molecule is CCc1noc(CSP(N)(=O)OC)n1. The molecule has 0 spiro atoms. The summed E-state index contributed by atoms with van der Waals surface area (Å²) in [6.45, 7) is -1.13. The van der Waals surface area contributed by atoms with Crippen molar-refractivity contribution < 1.29 is 13.6 Å². The summed E-state index contributed by atoms with van der Waals surface area (Å²) >= 11 is 0.970. The summed E-state index contributed by atoms with van der Waals surface area (Å²) < 4.78 is 20.7. The van der Waals surface area contributed by atoms with Gasteiger partial charge in [0.15, 0.2) is 5.82 Å². The van der Waals surface area contributed by atoms with Crippen molar-refractivity contribution in [3.05, 3.63) is 11.7 Å². The number of rotatable bonds is 5. The first kappa shape index (κ1) is 11.7. The molecule has 1 rings (SSSR count). The first-order chi connectivity index (χ1) is 6.57. The first-order valence-corrected chi connectivity index (χ1v) is 7.26. The molecule has 1 aromatic heterocycles. The van der Waals surface area contributed by atoms with E-state index in [9.17, 15) is 4.57 Å². The third-order valence-electron chi connectivity index (χ3n) is 1.45. The topological polar surface area (TPSA) is 91.2 Å². The maximum Gasteiger partial charge on any atom is 0.324 e. The van der Waals surface area contributed by atoms with E-state index in [0.717, 1.165) is 11.4 Å². The normalized spacial score (nSPS) is 15.4. The van der Waals surface area contributed by atoms with Crippen molar-refractivity contribution in [3.8, 4) is 0 Å². The van der Waals surface area contributed by atoms with Crippen LogP contribution in [0.15, 0.2) is 4.52 Å². The fraction of sp³-hybridized carbons (Fsp3) is 0.667. The third-order valence-corrected chi connectivity index (χ3v) is 4.61. The number of hydrogen-bond acceptors (Lipinski definition) is 6. The Bertz CT molecular complexity index is 343. The minimum Gasteiger partial charge on any atom is -0.338 e. The molecule has 0 radical (unpaired) electrons. The second-order valence-electron chi connectivity index (χ2n) is 2.45. The van der Waals surface area contributed by atoms with E-state index in [1.807, 2.05) is 6.92 Å². The smallest absolute Gasteiger partial charge is 0.324 e. The molecule has 80 valence electrons. The van der Waals surface area contributed by atoms with Gasteiger partial charge in [0.2, 0.25) is 5.89 Å². The van der Waals surface area contributed by atoms with E-state index in [4.69, 9.17) is 10.0 Å². The van der Waals surface area contributed by atoms with Crippen LogP contribution >= 0.6 is 18.1 Å². The molecule has 1 aromatic rings. The summed E-state index contributed by atoms with van der Waals surface area (Å²) in [5.41, 5.74) is 5.31. The van der Waals surface area contributed by atoms with Crippen molar-refractivity contribution in [1.82, 2.24) is 10.1 Å². The van der Waals surface area contributed by atoms with Gasteiger partial charge in [0.25, 0.3) is 0 Å². The molecule has 0 bridgehead atoms. The molecular formula is C6H12N3O3PS. The summed E-state index contributed by atoms with van der Waals surface area (Å²) in [6.07, 6.45) is 0.707. The predicted molar refractivity (Wildman–Crippen MR) is 53.8 cm³/mol. The summed E-state index contributed by atoms with van der Waals surface area (Å²) in [5.74, 6) is 1.34. The molecule has 0 aliphatic rings. The average molecular weight is 237 g/mol. The molecule has 0 saturated heterocycles. The van der Waals surface area contributed by atoms with Crippen LogP contribution in [0, 0.1) is 0 Å². The van der Waals surface area contributed by atoms with Gasteiger partial charge < -0.3 is 9.05 Å². The lowest BCUT2D eigenvalue weighted by Gasteiger charge is -2.06. The van der Waals surface area contributed by atoms with E-state index in [0.29, 0.717) is 23.9 Å². The van der Waals surface area contributed by atoms with Gasteiger partial charge in [0.05, 0.1) is 5.75 Å². The van der Waals surface area contributed by atoms with Crippen molar-refractivity contribution >= 4 is 18.1 Å². The minimum atomic E-state index is -3.05. The second-order valence-corrected chi connectivity index (χ2v) is 6.75. The molecule has 14 heavy (non-hydrogen) atoms. The van der Waals surface area contributed by atoms with Gasteiger partial charge in [0.1, 0.15) is 0 Å². The Kier molecular flexibility index (Phi) is 4.12. The Morgan fingerprint density at radius 2 is 2.43 bits per heavy atom. The predicted octanol–water partition coefficient (Wildman–Crippen LogP) is 1.58. The number of aryl methyl sites for hydroxylation is 1. The van der Waals surface area contributed by atoms with Gasteiger partial charge in [-0.1, -0.05) is 12.1 Å². The molecule has 1 unspecified atom stereocenters. The van der Waals surface area contributed by atoms with Crippen molar-refractivity contribution in [2.24, 2.45) is 5.50 Å². The lowest BCUT2D eigenvalue weighted by molar-refractivity contribution is 0.385. The van der Waals surface area contributed by atoms with Gasteiger partial charge >= 0.3 is 6.72 Å². The van der Waals surface area contributed by atoms with E-state index < -0.39 is 6.72 Å². The minimum absolute atomic E-state index is 0.300. The van der Waals surface area contributed by atoms with Crippen molar-refractivity contribution in [2.75, 3.05) is 7.11 Å². The van der Waals surface area contributed by atoms with Gasteiger partial charge in [-0.3, -0.25) is 10.1 Å². The third kappa shape index (κ3) is 3.42. The fourth-order valence-electron chi connectivity index (χ4n) is 0.690. The maximum absolute atomic E-state index is 11.3. The van der Waals surface area contributed by atoms with Crippen LogP contribution in [0.25, 0.3) is 0 Å². The van der Waals surface area contributed by atoms with Crippen LogP contribution in [0.5, 0.6) is 0 Å². The molecule has 2 N–H and O–H groups in total. The summed E-state index contributed by atoms with van der Waals surface area (Å²) in [7, 11) is 1.30. The molecule has 0 amide bonds. The van der Waals surface area contributed by atoms with Crippen LogP contribution in [0.2, 0.25) is 0 Å². The molecule has 0 aromatic carbocycles. The standard InChI is InChI=1S/C6H12N3O3PS/c1-3-5-8-6(12-9-5)4-14-13(7,10)11-2/h3-4H2,1-2H3,(H2,7,10). The van der Waals surface area contributed by atoms with Gasteiger partial charge in [0, 0.05) is 13.5 Å². The summed E-state index contributed by atoms with van der Waals surface area (Å²) in [6, 6.07) is 0. The van der Waals surface area contributed by atoms with Gasteiger partial charge in [-0.05, 0) is 11.4 Å². The second kappa shape index (κ2) is 4.93. The van der Waals surface area contributed by atoms with Crippen molar-refractivity contribution in [3.63, 3.8) is 0 Å². The zero-order chi connectivity index (χ0) is 10.6. The van der Waals surface area contributed by atoms with E-state index in [1.54, 1.807) is 0 Å². The molecule has 8 heteroatoms. The van der Waals surface area contributed by atoms with Crippen LogP contribution in [0.4, 0.5) is 0 Å². The molecule has 1 heterocycles. The monoisotopic (exact) mass is 237 g/mol.